The van der Waals surface area contributed by atoms with Crippen molar-refractivity contribution in [2.75, 3.05) is 20.2 Å². The molecule has 1 saturated carbocycles. The zero-order chi connectivity index (χ0) is 15.0. The molecule has 0 bridgehead atoms. The van der Waals surface area contributed by atoms with Gasteiger partial charge in [-0.25, -0.2) is 0 Å². The van der Waals surface area contributed by atoms with Gasteiger partial charge in [0.25, 0.3) is 0 Å². The molecule has 0 aromatic carbocycles. The van der Waals surface area contributed by atoms with Crippen LogP contribution in [-0.2, 0) is 6.54 Å². The van der Waals surface area contributed by atoms with E-state index in [4.69, 9.17) is 4.74 Å². The van der Waals surface area contributed by atoms with Gasteiger partial charge in [0, 0.05) is 49.0 Å². The Morgan fingerprint density at radius 2 is 2.14 bits per heavy atom. The smallest absolute Gasteiger partial charge is 0.128 e. The Morgan fingerprint density at radius 1 is 1.38 bits per heavy atom. The van der Waals surface area contributed by atoms with E-state index in [-0.39, 0.29) is 0 Å². The molecular weight excluding hydrogens is 262 g/mol. The number of pyridine rings is 1. The van der Waals surface area contributed by atoms with Gasteiger partial charge in [0.15, 0.2) is 0 Å². The van der Waals surface area contributed by atoms with Crippen LogP contribution in [0.1, 0.15) is 36.6 Å². The number of aromatic nitrogens is 1. The Balaban J connectivity index is 1.80. The molecule has 21 heavy (non-hydrogen) atoms. The van der Waals surface area contributed by atoms with E-state index in [0.29, 0.717) is 12.1 Å². The average molecular weight is 289 g/mol. The van der Waals surface area contributed by atoms with Crippen molar-refractivity contribution >= 4 is 0 Å². The Hall–Kier alpha value is -1.13. The van der Waals surface area contributed by atoms with E-state index in [1.165, 1.54) is 18.4 Å². The minimum Gasteiger partial charge on any atom is -0.496 e. The molecule has 1 aliphatic carbocycles. The lowest BCUT2D eigenvalue weighted by atomic mass is 10.0. The highest BCUT2D eigenvalue weighted by Crippen LogP contribution is 2.37. The van der Waals surface area contributed by atoms with Gasteiger partial charge in [-0.05, 0) is 39.5 Å². The van der Waals surface area contributed by atoms with E-state index < -0.39 is 0 Å². The number of piperazine rings is 1. The number of aryl methyl sites for hydroxylation is 1. The first kappa shape index (κ1) is 14.8. The van der Waals surface area contributed by atoms with Crippen LogP contribution in [0.4, 0.5) is 0 Å². The van der Waals surface area contributed by atoms with Crippen molar-refractivity contribution in [3.63, 3.8) is 0 Å². The second-order valence-corrected chi connectivity index (χ2v) is 6.69. The van der Waals surface area contributed by atoms with E-state index in [2.05, 4.69) is 36.0 Å². The standard InChI is InChI=1S/C17H27N3O/c1-11-7-19-15(13(3)17(11)21-4)10-20-9-12(2)18-8-16(20)14-5-6-14/h7,12,14,16,18H,5-6,8-10H2,1-4H3. The molecule has 2 aliphatic rings. The third-order valence-corrected chi connectivity index (χ3v) is 4.92. The van der Waals surface area contributed by atoms with E-state index in [0.717, 1.165) is 42.6 Å². The second kappa shape index (κ2) is 5.93. The Kier molecular flexibility index (Phi) is 4.18. The van der Waals surface area contributed by atoms with Crippen LogP contribution in [0.25, 0.3) is 0 Å². The predicted molar refractivity (Wildman–Crippen MR) is 84.6 cm³/mol. The molecule has 2 fully saturated rings. The summed E-state index contributed by atoms with van der Waals surface area (Å²) in [6, 6.07) is 1.24. The topological polar surface area (TPSA) is 37.4 Å². The van der Waals surface area contributed by atoms with Crippen LogP contribution in [0.3, 0.4) is 0 Å². The Labute approximate surface area is 127 Å². The first-order chi connectivity index (χ1) is 10.1. The van der Waals surface area contributed by atoms with Crippen molar-refractivity contribution in [3.05, 3.63) is 23.0 Å². The number of hydrogen-bond acceptors (Lipinski definition) is 4. The first-order valence-corrected chi connectivity index (χ1v) is 8.06. The highest BCUT2D eigenvalue weighted by molar-refractivity contribution is 5.41. The summed E-state index contributed by atoms with van der Waals surface area (Å²) in [6.07, 6.45) is 4.72. The second-order valence-electron chi connectivity index (χ2n) is 6.69. The van der Waals surface area contributed by atoms with Gasteiger partial charge in [0.2, 0.25) is 0 Å². The maximum Gasteiger partial charge on any atom is 0.128 e. The van der Waals surface area contributed by atoms with Crippen molar-refractivity contribution in [2.24, 2.45) is 5.92 Å². The lowest BCUT2D eigenvalue weighted by Crippen LogP contribution is -2.55. The van der Waals surface area contributed by atoms with Gasteiger partial charge in [0.1, 0.15) is 5.75 Å². The van der Waals surface area contributed by atoms with Crippen molar-refractivity contribution < 1.29 is 4.74 Å². The number of nitrogens with zero attached hydrogens (tertiary/aromatic N) is 2. The van der Waals surface area contributed by atoms with E-state index in [9.17, 15) is 0 Å². The zero-order valence-electron chi connectivity index (χ0n) is 13.6. The van der Waals surface area contributed by atoms with E-state index >= 15 is 0 Å². The van der Waals surface area contributed by atoms with Gasteiger partial charge in [-0.2, -0.15) is 0 Å². The molecule has 1 aromatic rings. The first-order valence-electron chi connectivity index (χ1n) is 8.06. The summed E-state index contributed by atoms with van der Waals surface area (Å²) in [5.41, 5.74) is 3.47. The molecule has 0 amide bonds. The van der Waals surface area contributed by atoms with Gasteiger partial charge in [-0.1, -0.05) is 0 Å². The van der Waals surface area contributed by atoms with Crippen LogP contribution in [0.2, 0.25) is 0 Å². The number of nitrogens with one attached hydrogen (secondary N) is 1. The molecule has 1 aromatic heterocycles. The monoisotopic (exact) mass is 289 g/mol. The zero-order valence-corrected chi connectivity index (χ0v) is 13.6. The van der Waals surface area contributed by atoms with Crippen LogP contribution in [0.15, 0.2) is 6.20 Å². The average Bonchev–Trinajstić information content (AvgIpc) is 3.27. The summed E-state index contributed by atoms with van der Waals surface area (Å²) in [4.78, 5) is 7.31. The van der Waals surface area contributed by atoms with Crippen molar-refractivity contribution in [3.8, 4) is 5.75 Å². The molecule has 1 N–H and O–H groups in total. The fraction of sp³-hybridized carbons (Fsp3) is 0.706. The van der Waals surface area contributed by atoms with Crippen LogP contribution in [-0.4, -0.2) is 42.2 Å². The molecule has 2 unspecified atom stereocenters. The lowest BCUT2D eigenvalue weighted by molar-refractivity contribution is 0.110. The van der Waals surface area contributed by atoms with Gasteiger partial charge < -0.3 is 10.1 Å². The molecule has 1 saturated heterocycles. The molecule has 2 heterocycles. The van der Waals surface area contributed by atoms with Crippen LogP contribution in [0, 0.1) is 19.8 Å². The van der Waals surface area contributed by atoms with Gasteiger partial charge in [-0.15, -0.1) is 0 Å². The number of hydrogen-bond donors (Lipinski definition) is 1. The number of ether oxygens (including phenoxy) is 1. The summed E-state index contributed by atoms with van der Waals surface area (Å²) in [6.45, 7) is 9.63. The quantitative estimate of drug-likeness (QED) is 0.923. The molecular formula is C17H27N3O. The van der Waals surface area contributed by atoms with Crippen LogP contribution in [0.5, 0.6) is 5.75 Å². The van der Waals surface area contributed by atoms with E-state index in [1.54, 1.807) is 7.11 Å². The SMILES string of the molecule is COc1c(C)cnc(CN2CC(C)NCC2C2CC2)c1C. The van der Waals surface area contributed by atoms with Crippen molar-refractivity contribution in [1.82, 2.24) is 15.2 Å². The minimum atomic E-state index is 0.563. The van der Waals surface area contributed by atoms with Gasteiger partial charge in [-0.3, -0.25) is 9.88 Å². The minimum absolute atomic E-state index is 0.563. The summed E-state index contributed by atoms with van der Waals surface area (Å²) < 4.78 is 5.54. The molecule has 2 atom stereocenters. The highest BCUT2D eigenvalue weighted by Gasteiger charge is 2.38. The molecule has 0 radical (unpaired) electrons. The molecule has 116 valence electrons. The van der Waals surface area contributed by atoms with Crippen LogP contribution >= 0.6 is 0 Å². The molecule has 1 aliphatic heterocycles. The normalized spacial score (nSPS) is 26.9. The summed E-state index contributed by atoms with van der Waals surface area (Å²) in [5, 5.41) is 3.63. The summed E-state index contributed by atoms with van der Waals surface area (Å²) >= 11 is 0. The Morgan fingerprint density at radius 3 is 2.81 bits per heavy atom. The molecule has 4 nitrogen and oxygen atoms in total. The third kappa shape index (κ3) is 3.06. The highest BCUT2D eigenvalue weighted by atomic mass is 16.5. The fourth-order valence-corrected chi connectivity index (χ4v) is 3.55. The van der Waals surface area contributed by atoms with Gasteiger partial charge in [0.05, 0.1) is 12.8 Å². The Bertz CT molecular complexity index is 513. The lowest BCUT2D eigenvalue weighted by Gasteiger charge is -2.39. The molecule has 3 rings (SSSR count). The van der Waals surface area contributed by atoms with E-state index in [1.807, 2.05) is 6.20 Å². The number of rotatable bonds is 4. The maximum atomic E-state index is 5.54. The maximum absolute atomic E-state index is 5.54. The molecule has 0 spiro atoms. The summed E-state index contributed by atoms with van der Waals surface area (Å²) in [7, 11) is 1.75. The largest absolute Gasteiger partial charge is 0.496 e. The summed E-state index contributed by atoms with van der Waals surface area (Å²) in [5.74, 6) is 1.88. The fourth-order valence-electron chi connectivity index (χ4n) is 3.55. The third-order valence-electron chi connectivity index (χ3n) is 4.92. The van der Waals surface area contributed by atoms with Crippen molar-refractivity contribution in [2.45, 2.75) is 52.2 Å². The molecule has 4 heteroatoms. The van der Waals surface area contributed by atoms with Crippen molar-refractivity contribution in [1.29, 1.82) is 0 Å². The van der Waals surface area contributed by atoms with Gasteiger partial charge >= 0.3 is 0 Å². The van der Waals surface area contributed by atoms with Crippen LogP contribution < -0.4 is 10.1 Å². The predicted octanol–water partition coefficient (Wildman–Crippen LogP) is 2.28. The number of methoxy groups -OCH3 is 1.